The molecule has 6 nitrogen and oxygen atoms in total. The second-order valence-electron chi connectivity index (χ2n) is 4.58. The summed E-state index contributed by atoms with van der Waals surface area (Å²) in [4.78, 5) is 11.4. The highest BCUT2D eigenvalue weighted by atomic mass is 16.7. The Morgan fingerprint density at radius 1 is 1.11 bits per heavy atom. The van der Waals surface area contributed by atoms with Gasteiger partial charge in [0.25, 0.3) is 0 Å². The van der Waals surface area contributed by atoms with E-state index in [2.05, 4.69) is 0 Å². The zero-order valence-electron chi connectivity index (χ0n) is 10.0. The van der Waals surface area contributed by atoms with Crippen molar-refractivity contribution in [3.05, 3.63) is 35.9 Å². The largest absolute Gasteiger partial charge is 0.461 e. The van der Waals surface area contributed by atoms with Gasteiger partial charge in [-0.15, -0.1) is 0 Å². The van der Waals surface area contributed by atoms with E-state index in [1.807, 2.05) is 30.3 Å². The highest BCUT2D eigenvalue weighted by molar-refractivity contribution is 5.75. The molecular formula is C13H14O6. The first kappa shape index (κ1) is 12.6. The quantitative estimate of drug-likeness (QED) is 0.682. The second kappa shape index (κ2) is 4.90. The molecule has 0 aliphatic carbocycles. The summed E-state index contributed by atoms with van der Waals surface area (Å²) in [5.74, 6) is -0.802. The first-order valence-corrected chi connectivity index (χ1v) is 6.05. The van der Waals surface area contributed by atoms with E-state index in [9.17, 15) is 15.0 Å². The number of hydrogen-bond acceptors (Lipinski definition) is 6. The van der Waals surface area contributed by atoms with Gasteiger partial charge in [0.05, 0.1) is 0 Å². The molecule has 102 valence electrons. The molecule has 0 spiro atoms. The van der Waals surface area contributed by atoms with Gasteiger partial charge in [-0.3, -0.25) is 0 Å². The molecule has 3 rings (SSSR count). The van der Waals surface area contributed by atoms with Crippen LogP contribution in [0.25, 0.3) is 0 Å². The van der Waals surface area contributed by atoms with Crippen LogP contribution < -0.4 is 0 Å². The number of aliphatic hydroxyl groups excluding tert-OH is 2. The Hall–Kier alpha value is -1.47. The Kier molecular flexibility index (Phi) is 3.24. The summed E-state index contributed by atoms with van der Waals surface area (Å²) in [6.45, 7) is -0.0970. The van der Waals surface area contributed by atoms with Crippen molar-refractivity contribution in [1.82, 2.24) is 0 Å². The lowest BCUT2D eigenvalue weighted by atomic mass is 10.0. The van der Waals surface area contributed by atoms with Gasteiger partial charge in [-0.05, 0) is 0 Å². The van der Waals surface area contributed by atoms with Crippen LogP contribution in [0.15, 0.2) is 30.3 Å². The predicted octanol–water partition coefficient (Wildman–Crippen LogP) is -0.252. The summed E-state index contributed by atoms with van der Waals surface area (Å²) >= 11 is 0. The average Bonchev–Trinajstić information content (AvgIpc) is 2.51. The van der Waals surface area contributed by atoms with Crippen LogP contribution in [0, 0.1) is 0 Å². The van der Waals surface area contributed by atoms with Crippen molar-refractivity contribution in [2.24, 2.45) is 0 Å². The molecule has 0 radical (unpaired) electrons. The highest BCUT2D eigenvalue weighted by Crippen LogP contribution is 2.33. The number of aliphatic hydroxyl groups is 2. The van der Waals surface area contributed by atoms with Gasteiger partial charge in [-0.25, -0.2) is 4.79 Å². The van der Waals surface area contributed by atoms with Crippen molar-refractivity contribution < 1.29 is 29.2 Å². The molecule has 1 aromatic carbocycles. The van der Waals surface area contributed by atoms with Crippen molar-refractivity contribution in [3.63, 3.8) is 0 Å². The van der Waals surface area contributed by atoms with Crippen LogP contribution in [-0.4, -0.2) is 47.2 Å². The molecule has 1 aromatic rings. The third-order valence-corrected chi connectivity index (χ3v) is 3.31. The van der Waals surface area contributed by atoms with Gasteiger partial charge in [0.1, 0.15) is 24.9 Å². The molecule has 2 fully saturated rings. The van der Waals surface area contributed by atoms with Crippen molar-refractivity contribution in [3.8, 4) is 0 Å². The molecule has 2 heterocycles. The van der Waals surface area contributed by atoms with Crippen molar-refractivity contribution in [1.29, 1.82) is 0 Å². The van der Waals surface area contributed by atoms with E-state index in [1.54, 1.807) is 0 Å². The highest BCUT2D eigenvalue weighted by Gasteiger charge is 2.48. The Bertz CT molecular complexity index is 461. The minimum absolute atomic E-state index is 0.0970. The molecule has 0 saturated carbocycles. The van der Waals surface area contributed by atoms with E-state index >= 15 is 0 Å². The molecule has 2 bridgehead atoms. The lowest BCUT2D eigenvalue weighted by molar-refractivity contribution is -0.297. The normalized spacial score (nSPS) is 38.4. The van der Waals surface area contributed by atoms with Crippen LogP contribution in [-0.2, 0) is 19.0 Å². The standard InChI is InChI=1S/C13H14O6/c14-9-8-6-17-12(16)10(15)11(9)19-13(18-8)7-4-2-1-3-5-7/h1-5,8-11,13-15H,6H2/t8-,9+,10-,11-,13?/m1/s1. The summed E-state index contributed by atoms with van der Waals surface area (Å²) < 4.78 is 15.9. The van der Waals surface area contributed by atoms with Crippen LogP contribution in [0.2, 0.25) is 0 Å². The summed E-state index contributed by atoms with van der Waals surface area (Å²) in [5, 5.41) is 19.8. The number of ether oxygens (including phenoxy) is 3. The van der Waals surface area contributed by atoms with Crippen LogP contribution in [0.1, 0.15) is 11.9 Å². The minimum atomic E-state index is -1.50. The molecule has 1 unspecified atom stereocenters. The summed E-state index contributed by atoms with van der Waals surface area (Å²) in [7, 11) is 0. The summed E-state index contributed by atoms with van der Waals surface area (Å²) in [6.07, 6.45) is -5.08. The van der Waals surface area contributed by atoms with E-state index < -0.39 is 36.7 Å². The summed E-state index contributed by atoms with van der Waals surface area (Å²) in [5.41, 5.74) is 0.756. The second-order valence-corrected chi connectivity index (χ2v) is 4.58. The third kappa shape index (κ3) is 2.23. The van der Waals surface area contributed by atoms with E-state index in [1.165, 1.54) is 0 Å². The fraction of sp³-hybridized carbons (Fsp3) is 0.462. The molecule has 5 atom stereocenters. The monoisotopic (exact) mass is 266 g/mol. The van der Waals surface area contributed by atoms with E-state index in [0.717, 1.165) is 5.56 Å². The fourth-order valence-electron chi connectivity index (χ4n) is 2.26. The first-order valence-electron chi connectivity index (χ1n) is 6.05. The van der Waals surface area contributed by atoms with Gasteiger partial charge >= 0.3 is 5.97 Å². The zero-order chi connectivity index (χ0) is 13.4. The topological polar surface area (TPSA) is 85.2 Å². The smallest absolute Gasteiger partial charge is 0.337 e. The predicted molar refractivity (Wildman–Crippen MR) is 61.9 cm³/mol. The Morgan fingerprint density at radius 2 is 1.84 bits per heavy atom. The Labute approximate surface area is 109 Å². The van der Waals surface area contributed by atoms with Gasteiger partial charge in [-0.2, -0.15) is 0 Å². The minimum Gasteiger partial charge on any atom is -0.461 e. The van der Waals surface area contributed by atoms with E-state index in [-0.39, 0.29) is 6.61 Å². The van der Waals surface area contributed by atoms with E-state index in [4.69, 9.17) is 14.2 Å². The van der Waals surface area contributed by atoms with Crippen molar-refractivity contribution >= 4 is 5.97 Å². The molecule has 6 heteroatoms. The zero-order valence-corrected chi connectivity index (χ0v) is 10.0. The molecule has 0 amide bonds. The molecule has 19 heavy (non-hydrogen) atoms. The molecule has 0 aromatic heterocycles. The van der Waals surface area contributed by atoms with Crippen LogP contribution in [0.4, 0.5) is 0 Å². The molecular weight excluding hydrogens is 252 g/mol. The SMILES string of the molecule is O=C1OC[C@H]2OC(c3ccccc3)O[C@H]([C@H]2O)[C@H]1O. The molecule has 2 saturated heterocycles. The Morgan fingerprint density at radius 3 is 2.58 bits per heavy atom. The fourth-order valence-corrected chi connectivity index (χ4v) is 2.26. The van der Waals surface area contributed by atoms with Crippen molar-refractivity contribution in [2.45, 2.75) is 30.7 Å². The van der Waals surface area contributed by atoms with Crippen molar-refractivity contribution in [2.75, 3.05) is 6.61 Å². The van der Waals surface area contributed by atoms with E-state index in [0.29, 0.717) is 0 Å². The number of rotatable bonds is 1. The number of carbonyl (C=O) groups excluding carboxylic acids is 1. The maximum absolute atomic E-state index is 11.4. The van der Waals surface area contributed by atoms with Gasteiger partial charge < -0.3 is 24.4 Å². The number of cyclic esters (lactones) is 1. The first-order chi connectivity index (χ1) is 9.16. The number of benzene rings is 1. The number of hydrogen-bond donors (Lipinski definition) is 2. The number of esters is 1. The average molecular weight is 266 g/mol. The lowest BCUT2D eigenvalue weighted by Crippen LogP contribution is -2.52. The van der Waals surface area contributed by atoms with Crippen LogP contribution in [0.5, 0.6) is 0 Å². The van der Waals surface area contributed by atoms with Gasteiger partial charge in [-0.1, -0.05) is 30.3 Å². The molecule has 2 aliphatic rings. The maximum Gasteiger partial charge on any atom is 0.337 e. The summed E-state index contributed by atoms with van der Waals surface area (Å²) in [6, 6.07) is 9.13. The number of carbonyl (C=O) groups is 1. The van der Waals surface area contributed by atoms with Gasteiger partial charge in [0.2, 0.25) is 0 Å². The number of fused-ring (bicyclic) bond motifs is 2. The van der Waals surface area contributed by atoms with Gasteiger partial charge in [0.15, 0.2) is 12.4 Å². The van der Waals surface area contributed by atoms with Crippen LogP contribution in [0.3, 0.4) is 0 Å². The van der Waals surface area contributed by atoms with Gasteiger partial charge in [0, 0.05) is 5.56 Å². The molecule has 2 aliphatic heterocycles. The lowest BCUT2D eigenvalue weighted by Gasteiger charge is -2.37. The van der Waals surface area contributed by atoms with Crippen LogP contribution >= 0.6 is 0 Å². The molecule has 2 N–H and O–H groups in total. The third-order valence-electron chi connectivity index (χ3n) is 3.31. The maximum atomic E-state index is 11.4. The Balaban J connectivity index is 1.88.